The summed E-state index contributed by atoms with van der Waals surface area (Å²) in [6.07, 6.45) is 8.19. The number of aromatic nitrogens is 2. The monoisotopic (exact) mass is 367 g/mol. The van der Waals surface area contributed by atoms with E-state index in [-0.39, 0.29) is 4.75 Å². The predicted molar refractivity (Wildman–Crippen MR) is 90.4 cm³/mol. The van der Waals surface area contributed by atoms with E-state index in [0.717, 1.165) is 15.8 Å². The maximum atomic E-state index is 11.9. The van der Waals surface area contributed by atoms with Gasteiger partial charge in [-0.15, -0.1) is 0 Å². The fraction of sp³-hybridized carbons (Fsp3) is 0.467. The number of fused-ring (bicyclic) bond motifs is 1. The summed E-state index contributed by atoms with van der Waals surface area (Å²) >= 11 is 3.58. The third-order valence-electron chi connectivity index (χ3n) is 3.40. The van der Waals surface area contributed by atoms with Gasteiger partial charge >= 0.3 is 0 Å². The van der Waals surface area contributed by atoms with Gasteiger partial charge in [0.25, 0.3) is 0 Å². The normalized spacial score (nSPS) is 17.7. The molecule has 0 spiro atoms. The smallest absolute Gasteiger partial charge is 0.151 e. The van der Waals surface area contributed by atoms with Crippen molar-refractivity contribution in [3.05, 3.63) is 34.2 Å². The van der Waals surface area contributed by atoms with Gasteiger partial charge in [-0.05, 0) is 67.1 Å². The summed E-state index contributed by atoms with van der Waals surface area (Å²) in [5.41, 5.74) is 2.93. The van der Waals surface area contributed by atoms with Crippen molar-refractivity contribution in [2.24, 2.45) is 4.40 Å². The van der Waals surface area contributed by atoms with Crippen molar-refractivity contribution in [2.75, 3.05) is 0 Å². The first-order valence-corrected chi connectivity index (χ1v) is 8.89. The number of halogens is 1. The van der Waals surface area contributed by atoms with Crippen molar-refractivity contribution < 1.29 is 4.21 Å². The SMILES string of the molecule is CC(C)(C)S(=O)/N=C/c1cn2cc(C3CC3)cc(Br)c2n1. The molecule has 0 aliphatic heterocycles. The molecule has 1 fully saturated rings. The Kier molecular flexibility index (Phi) is 3.78. The molecule has 6 heteroatoms. The van der Waals surface area contributed by atoms with Gasteiger partial charge in [0.05, 0.1) is 15.4 Å². The van der Waals surface area contributed by atoms with Crippen LogP contribution >= 0.6 is 15.9 Å². The molecule has 112 valence electrons. The van der Waals surface area contributed by atoms with Crippen LogP contribution in [0.2, 0.25) is 0 Å². The van der Waals surface area contributed by atoms with Gasteiger partial charge in [0.2, 0.25) is 0 Å². The Labute approximate surface area is 135 Å². The van der Waals surface area contributed by atoms with Gasteiger partial charge in [0.15, 0.2) is 5.65 Å². The van der Waals surface area contributed by atoms with Crippen molar-refractivity contribution >= 4 is 38.8 Å². The van der Waals surface area contributed by atoms with E-state index >= 15 is 0 Å². The Morgan fingerprint density at radius 3 is 2.76 bits per heavy atom. The van der Waals surface area contributed by atoms with Crippen LogP contribution in [0.5, 0.6) is 0 Å². The van der Waals surface area contributed by atoms with Gasteiger partial charge in [-0.25, -0.2) is 9.19 Å². The van der Waals surface area contributed by atoms with Crippen molar-refractivity contribution in [3.8, 4) is 0 Å². The van der Waals surface area contributed by atoms with E-state index < -0.39 is 11.0 Å². The number of hydrogen-bond donors (Lipinski definition) is 0. The van der Waals surface area contributed by atoms with Crippen LogP contribution in [-0.4, -0.2) is 24.6 Å². The van der Waals surface area contributed by atoms with E-state index in [1.54, 1.807) is 6.21 Å². The lowest BCUT2D eigenvalue weighted by Crippen LogP contribution is -2.19. The van der Waals surface area contributed by atoms with Gasteiger partial charge in [0.1, 0.15) is 16.7 Å². The van der Waals surface area contributed by atoms with Crippen LogP contribution in [0.1, 0.15) is 50.8 Å². The molecule has 21 heavy (non-hydrogen) atoms. The minimum atomic E-state index is -1.26. The summed E-state index contributed by atoms with van der Waals surface area (Å²) in [6.45, 7) is 5.72. The number of imidazole rings is 1. The Morgan fingerprint density at radius 2 is 2.14 bits per heavy atom. The lowest BCUT2D eigenvalue weighted by Gasteiger charge is -2.12. The number of rotatable bonds is 3. The molecule has 0 saturated heterocycles. The third-order valence-corrected chi connectivity index (χ3v) is 5.33. The zero-order valence-electron chi connectivity index (χ0n) is 12.3. The summed E-state index contributed by atoms with van der Waals surface area (Å²) in [5, 5.41) is 0. The van der Waals surface area contributed by atoms with E-state index in [9.17, 15) is 4.21 Å². The fourth-order valence-corrected chi connectivity index (χ4v) is 3.14. The summed E-state index contributed by atoms with van der Waals surface area (Å²) in [5.74, 6) is 0.693. The largest absolute Gasteiger partial charge is 0.305 e. The summed E-state index contributed by atoms with van der Waals surface area (Å²) < 4.78 is 18.7. The summed E-state index contributed by atoms with van der Waals surface area (Å²) in [6, 6.07) is 2.15. The number of nitrogens with zero attached hydrogens (tertiary/aromatic N) is 3. The Balaban J connectivity index is 1.92. The van der Waals surface area contributed by atoms with Crippen molar-refractivity contribution in [3.63, 3.8) is 0 Å². The van der Waals surface area contributed by atoms with Crippen LogP contribution in [0.25, 0.3) is 5.65 Å². The fourth-order valence-electron chi connectivity index (χ4n) is 2.06. The predicted octanol–water partition coefficient (Wildman–Crippen LogP) is 3.86. The Morgan fingerprint density at radius 1 is 1.43 bits per heavy atom. The molecule has 1 aliphatic rings. The molecule has 1 unspecified atom stereocenters. The first-order chi connectivity index (χ1) is 9.84. The first kappa shape index (κ1) is 14.9. The second kappa shape index (κ2) is 5.32. The lowest BCUT2D eigenvalue weighted by atomic mass is 10.2. The van der Waals surface area contributed by atoms with E-state index in [4.69, 9.17) is 0 Å². The van der Waals surface area contributed by atoms with E-state index in [2.05, 4.69) is 37.6 Å². The minimum Gasteiger partial charge on any atom is -0.305 e. The van der Waals surface area contributed by atoms with Crippen molar-refractivity contribution in [2.45, 2.75) is 44.3 Å². The highest BCUT2D eigenvalue weighted by Gasteiger charge is 2.24. The third kappa shape index (κ3) is 3.26. The zero-order chi connectivity index (χ0) is 15.2. The van der Waals surface area contributed by atoms with Gasteiger partial charge in [-0.2, -0.15) is 4.40 Å². The molecule has 3 rings (SSSR count). The molecule has 1 saturated carbocycles. The second-order valence-corrected chi connectivity index (χ2v) is 9.18. The van der Waals surface area contributed by atoms with Crippen LogP contribution in [0.4, 0.5) is 0 Å². The minimum absolute atomic E-state index is 0.352. The standard InChI is InChI=1S/C15H18BrN3OS/c1-15(2,3)21(20)17-7-12-9-19-8-11(10-4-5-10)6-13(16)14(19)18-12/h6-10H,4-5H2,1-3H3/b17-7+. The number of hydrogen-bond acceptors (Lipinski definition) is 2. The van der Waals surface area contributed by atoms with Gasteiger partial charge in [-0.3, -0.25) is 0 Å². The van der Waals surface area contributed by atoms with Crippen molar-refractivity contribution in [1.29, 1.82) is 0 Å². The highest BCUT2D eigenvalue weighted by molar-refractivity contribution is 9.10. The van der Waals surface area contributed by atoms with E-state index in [1.165, 1.54) is 18.4 Å². The maximum Gasteiger partial charge on any atom is 0.151 e. The van der Waals surface area contributed by atoms with Gasteiger partial charge in [0, 0.05) is 12.4 Å². The van der Waals surface area contributed by atoms with Crippen LogP contribution in [0.15, 0.2) is 27.3 Å². The first-order valence-electron chi connectivity index (χ1n) is 6.99. The molecule has 0 amide bonds. The Bertz CT molecular complexity index is 741. The van der Waals surface area contributed by atoms with Crippen molar-refractivity contribution in [1.82, 2.24) is 9.38 Å². The van der Waals surface area contributed by atoms with E-state index in [1.807, 2.05) is 31.4 Å². The molecule has 2 aromatic heterocycles. The maximum absolute atomic E-state index is 11.9. The van der Waals surface area contributed by atoms with Gasteiger partial charge < -0.3 is 4.40 Å². The van der Waals surface area contributed by atoms with E-state index in [0.29, 0.717) is 5.92 Å². The molecular weight excluding hydrogens is 350 g/mol. The lowest BCUT2D eigenvalue weighted by molar-refractivity contribution is 0.651. The summed E-state index contributed by atoms with van der Waals surface area (Å²) in [4.78, 5) is 4.52. The molecule has 0 N–H and O–H groups in total. The molecule has 0 bridgehead atoms. The average Bonchev–Trinajstić information content (AvgIpc) is 3.15. The van der Waals surface area contributed by atoms with Gasteiger partial charge in [-0.1, -0.05) is 0 Å². The molecule has 2 aromatic rings. The average molecular weight is 368 g/mol. The molecule has 1 aliphatic carbocycles. The topological polar surface area (TPSA) is 46.7 Å². The molecule has 1 atom stereocenters. The summed E-state index contributed by atoms with van der Waals surface area (Å²) in [7, 11) is -1.26. The molecule has 2 heterocycles. The van der Waals surface area contributed by atoms with Crippen LogP contribution in [-0.2, 0) is 11.0 Å². The van der Waals surface area contributed by atoms with Crippen LogP contribution in [0.3, 0.4) is 0 Å². The molecule has 0 aromatic carbocycles. The number of pyridine rings is 1. The highest BCUT2D eigenvalue weighted by atomic mass is 79.9. The molecule has 4 nitrogen and oxygen atoms in total. The zero-order valence-corrected chi connectivity index (χ0v) is 14.7. The molecular formula is C15H18BrN3OS. The Hall–Kier alpha value is -1.01. The van der Waals surface area contributed by atoms with Crippen LogP contribution in [0, 0.1) is 0 Å². The highest BCUT2D eigenvalue weighted by Crippen LogP contribution is 2.41. The quantitative estimate of drug-likeness (QED) is 0.773. The second-order valence-electron chi connectivity index (χ2n) is 6.39. The molecule has 0 radical (unpaired) electrons. The van der Waals surface area contributed by atoms with Crippen LogP contribution < -0.4 is 0 Å².